The van der Waals surface area contributed by atoms with Gasteiger partial charge in [-0.2, -0.15) is 0 Å². The van der Waals surface area contributed by atoms with Crippen LogP contribution in [0.5, 0.6) is 0 Å². The topological polar surface area (TPSA) is 244 Å². The van der Waals surface area contributed by atoms with Crippen LogP contribution >= 0.6 is 0 Å². The molecule has 0 amide bonds. The van der Waals surface area contributed by atoms with Crippen molar-refractivity contribution in [3.8, 4) is 0 Å². The minimum Gasteiger partial charge on any atom is -0.462 e. The molecule has 600 valence electrons. The van der Waals surface area contributed by atoms with E-state index >= 15 is 0 Å². The summed E-state index contributed by atoms with van der Waals surface area (Å²) in [5, 5.41) is 16.8. The molecule has 23 heteroatoms. The smallest absolute Gasteiger partial charge is 0.331 e. The molecule has 5 aliphatic heterocycles. The first-order valence-corrected chi connectivity index (χ1v) is 44.1. The van der Waals surface area contributed by atoms with Gasteiger partial charge in [-0.3, -0.25) is 19.2 Å². The number of cyclic esters (lactones) is 1. The molecule has 0 bridgehead atoms. The molecule has 25 atom stereocenters. The van der Waals surface area contributed by atoms with Gasteiger partial charge in [0.25, 0.3) is 16.6 Å². The summed E-state index contributed by atoms with van der Waals surface area (Å²) in [6.07, 6.45) is -5.70. The molecule has 0 aromatic heterocycles. The summed E-state index contributed by atoms with van der Waals surface area (Å²) in [5.41, 5.74) is -1.23. The van der Waals surface area contributed by atoms with Crippen LogP contribution < -0.4 is 20.7 Å². The van der Waals surface area contributed by atoms with Crippen molar-refractivity contribution in [1.82, 2.24) is 0 Å². The van der Waals surface area contributed by atoms with Gasteiger partial charge in [-0.25, -0.2) is 4.79 Å². The van der Waals surface area contributed by atoms with Gasteiger partial charge in [-0.05, 0) is 145 Å². The molecule has 8 fully saturated rings. The van der Waals surface area contributed by atoms with E-state index in [1.165, 1.54) is 27.7 Å². The highest BCUT2D eigenvalue weighted by atomic mass is 28.4. The molecule has 5 heterocycles. The highest BCUT2D eigenvalue weighted by Crippen LogP contribution is 2.71. The van der Waals surface area contributed by atoms with E-state index in [2.05, 4.69) is 152 Å². The standard InChI is InChI=1S/C87H118O21Si2/c1-51-79(69(99-55(5)88)46-75(95-51)103-61-39-41-85(15)60(44-61)37-38-67-68(85)45-73(102-58(8)91)86(16)66(40-42-87(67,86)93)59-43-74(92)94-50-59)104-76-47-70(100-56(6)89)80(52(2)96-76)105-77-48-71(101-57(7)90)81(53(3)97-77)106-78-49-72(107-109(83(9,10)11,62-29-21-17-22-30-62)63-31-23-18-24-32-63)82(54(4)98-78)108-110(84(12,13)14,64-33-25-19-26-34-64)65-35-27-20-28-36-65/h17-36,43,51-54,60-61,66-73,75-82,93H,37-42,44-50H2,1-16H3/t51-,52-,53-,54-,60-,61+,66-,67-,68+,69+,70+,71+,72+,73-,75+,76+,77+,78+,79-,80-,81-,82-,85+,86+,87+/m1/s1. The second kappa shape index (κ2) is 32.7. The van der Waals surface area contributed by atoms with Gasteiger partial charge in [0.05, 0.1) is 48.3 Å². The summed E-state index contributed by atoms with van der Waals surface area (Å²) < 4.78 is 101. The van der Waals surface area contributed by atoms with Crippen LogP contribution in [0.25, 0.3) is 0 Å². The van der Waals surface area contributed by atoms with Crippen molar-refractivity contribution in [1.29, 1.82) is 0 Å². The fourth-order valence-corrected chi connectivity index (χ4v) is 31.0. The van der Waals surface area contributed by atoms with Crippen molar-refractivity contribution < 1.29 is 99.5 Å². The number of hydrogen-bond donors (Lipinski definition) is 1. The summed E-state index contributed by atoms with van der Waals surface area (Å²) in [6, 6.07) is 42.3. The van der Waals surface area contributed by atoms with Crippen molar-refractivity contribution in [2.24, 2.45) is 34.5 Å². The van der Waals surface area contributed by atoms with E-state index in [1.54, 1.807) is 13.0 Å². The minimum atomic E-state index is -3.32. The van der Waals surface area contributed by atoms with Crippen molar-refractivity contribution in [2.75, 3.05) is 6.61 Å². The highest BCUT2D eigenvalue weighted by molar-refractivity contribution is 7.00. The number of hydrogen-bond acceptors (Lipinski definition) is 21. The molecule has 4 aliphatic carbocycles. The van der Waals surface area contributed by atoms with Crippen LogP contribution in [-0.2, 0) is 94.4 Å². The lowest BCUT2D eigenvalue weighted by Gasteiger charge is -2.65. The van der Waals surface area contributed by atoms with Gasteiger partial charge in [0, 0.05) is 64.9 Å². The second-order valence-electron chi connectivity index (χ2n) is 35.3. The third kappa shape index (κ3) is 16.0. The average molecular weight is 1560 g/mol. The predicted molar refractivity (Wildman–Crippen MR) is 414 cm³/mol. The van der Waals surface area contributed by atoms with E-state index in [1.807, 2.05) is 45.0 Å². The first kappa shape index (κ1) is 82.0. The van der Waals surface area contributed by atoms with Gasteiger partial charge < -0.3 is 75.5 Å². The molecule has 4 aromatic rings. The molecule has 13 rings (SSSR count). The maximum absolute atomic E-state index is 13.3. The fraction of sp³-hybridized carbons (Fsp3) is 0.644. The number of esters is 5. The maximum atomic E-state index is 13.3. The zero-order valence-corrected chi connectivity index (χ0v) is 69.1. The largest absolute Gasteiger partial charge is 0.462 e. The Kier molecular flexibility index (Phi) is 24.4. The first-order chi connectivity index (χ1) is 52.1. The monoisotopic (exact) mass is 1550 g/mol. The number of rotatable bonds is 21. The molecule has 4 saturated carbocycles. The zero-order chi connectivity index (χ0) is 78.6. The Labute approximate surface area is 651 Å². The summed E-state index contributed by atoms with van der Waals surface area (Å²) in [7, 11) is -6.59. The van der Waals surface area contributed by atoms with Gasteiger partial charge in [0.2, 0.25) is 0 Å². The minimum absolute atomic E-state index is 0.0244. The number of aliphatic hydroxyl groups is 1. The SMILES string of the molecule is CC(=O)O[C@H]1C[C@H](O[C@H]2CC[C@@]3(C)[C@H](CC[C@@H]4[C@@H]3C[C@@H](OC(C)=O)[C@]3(C)[C@@H](C5=CC(=O)OC5)CC[C@]43O)C2)O[C@H](C)[C@H]1O[C@H]1C[C@H](OC(C)=O)[C@H](O[C@H]2C[C@H](OC(C)=O)[C@H](O[C@H]3C[C@H](O[Si](c4ccccc4)(c4ccccc4)C(C)(C)C)[C@H](O[Si](c4ccccc4)(c4ccccc4)C(C)(C)C)[C@@H](C)O3)[C@@H](C)O2)[C@@H](C)O1. The molecule has 9 aliphatic rings. The molecule has 4 aromatic carbocycles. The summed E-state index contributed by atoms with van der Waals surface area (Å²) in [4.78, 5) is 64.7. The Hall–Kier alpha value is -6.04. The van der Waals surface area contributed by atoms with Crippen LogP contribution in [0.2, 0.25) is 10.1 Å². The number of carbonyl (C=O) groups excluding carboxylic acids is 5. The Morgan fingerprint density at radius 3 is 1.24 bits per heavy atom. The van der Waals surface area contributed by atoms with Crippen LogP contribution in [0.3, 0.4) is 0 Å². The zero-order valence-electron chi connectivity index (χ0n) is 67.1. The van der Waals surface area contributed by atoms with Crippen LogP contribution in [0.4, 0.5) is 0 Å². The Bertz CT molecular complexity index is 3810. The van der Waals surface area contributed by atoms with Crippen LogP contribution in [0.1, 0.15) is 188 Å². The third-order valence-electron chi connectivity index (χ3n) is 26.5. The quantitative estimate of drug-likeness (QED) is 0.0353. The van der Waals surface area contributed by atoms with E-state index in [0.29, 0.717) is 19.3 Å². The Morgan fingerprint density at radius 1 is 0.455 bits per heavy atom. The van der Waals surface area contributed by atoms with E-state index in [9.17, 15) is 29.1 Å². The summed E-state index contributed by atoms with van der Waals surface area (Å²) in [6.45, 7) is 31.2. The van der Waals surface area contributed by atoms with Crippen LogP contribution in [0.15, 0.2) is 133 Å². The molecule has 21 nitrogen and oxygen atoms in total. The highest BCUT2D eigenvalue weighted by Gasteiger charge is 2.72. The number of fused-ring (bicyclic) bond motifs is 5. The third-order valence-corrected chi connectivity index (χ3v) is 36.6. The van der Waals surface area contributed by atoms with E-state index in [-0.39, 0.29) is 84.5 Å². The summed E-state index contributed by atoms with van der Waals surface area (Å²) >= 11 is 0. The van der Waals surface area contributed by atoms with Gasteiger partial charge >= 0.3 is 29.8 Å². The van der Waals surface area contributed by atoms with E-state index in [4.69, 9.17) is 70.4 Å². The molecule has 1 N–H and O–H groups in total. The van der Waals surface area contributed by atoms with Crippen molar-refractivity contribution in [3.05, 3.63) is 133 Å². The van der Waals surface area contributed by atoms with Crippen LogP contribution in [0, 0.1) is 34.5 Å². The van der Waals surface area contributed by atoms with Gasteiger partial charge in [0.1, 0.15) is 49.3 Å². The van der Waals surface area contributed by atoms with Gasteiger partial charge in [-0.1, -0.05) is 177 Å². The number of carbonyl (C=O) groups is 5. The normalized spacial score (nSPS) is 37.5. The molecule has 0 radical (unpaired) electrons. The molecule has 4 saturated heterocycles. The first-order valence-electron chi connectivity index (χ1n) is 40.3. The molecule has 0 unspecified atom stereocenters. The lowest BCUT2D eigenvalue weighted by molar-refractivity contribution is -0.345. The van der Waals surface area contributed by atoms with Crippen molar-refractivity contribution >= 4 is 67.2 Å². The lowest BCUT2D eigenvalue weighted by atomic mass is 9.42. The van der Waals surface area contributed by atoms with Crippen LogP contribution in [-0.4, -0.2) is 174 Å². The molecule has 110 heavy (non-hydrogen) atoms. The van der Waals surface area contributed by atoms with E-state index in [0.717, 1.165) is 58.4 Å². The predicted octanol–water partition coefficient (Wildman–Crippen LogP) is 11.6. The maximum Gasteiger partial charge on any atom is 0.331 e. The Balaban J connectivity index is 0.688. The van der Waals surface area contributed by atoms with Gasteiger partial charge in [0.15, 0.2) is 25.2 Å². The molecule has 0 spiro atoms. The molecular formula is C87H118O21Si2. The fourth-order valence-electron chi connectivity index (χ4n) is 21.6. The van der Waals surface area contributed by atoms with Crippen molar-refractivity contribution in [2.45, 2.75) is 314 Å². The van der Waals surface area contributed by atoms with Crippen molar-refractivity contribution in [3.63, 3.8) is 0 Å². The number of benzene rings is 4. The van der Waals surface area contributed by atoms with Gasteiger partial charge in [-0.15, -0.1) is 0 Å². The Morgan fingerprint density at radius 2 is 0.845 bits per heavy atom. The van der Waals surface area contributed by atoms with E-state index < -0.39 is 155 Å². The lowest BCUT2D eigenvalue weighted by Crippen LogP contribution is -2.73. The molecular weight excluding hydrogens is 1440 g/mol. The summed E-state index contributed by atoms with van der Waals surface area (Å²) in [5.74, 6) is -2.21. The second-order valence-corrected chi connectivity index (χ2v) is 43.8. The average Bonchev–Trinajstić information content (AvgIpc) is 1.43. The number of ether oxygens (including phenoxy) is 13.